The molecule has 6 N–H and O–H groups in total. The molecule has 0 heterocycles. The summed E-state index contributed by atoms with van der Waals surface area (Å²) in [7, 11) is 0. The minimum atomic E-state index is -0.171. The van der Waals surface area contributed by atoms with E-state index >= 15 is 0 Å². The fraction of sp³-hybridized carbons (Fsp3) is 0.571. The number of rotatable bonds is 10. The summed E-state index contributed by atoms with van der Waals surface area (Å²) in [6.07, 6.45) is 6.90. The monoisotopic (exact) mass is 284 g/mol. The quantitative estimate of drug-likeness (QED) is 0.336. The van der Waals surface area contributed by atoms with Crippen LogP contribution in [0.3, 0.4) is 0 Å². The van der Waals surface area contributed by atoms with Gasteiger partial charge < -0.3 is 22.1 Å². The fourth-order valence-corrected chi connectivity index (χ4v) is 1.17. The second kappa shape index (κ2) is 17.3. The lowest BCUT2D eigenvalue weighted by molar-refractivity contribution is -0.117. The van der Waals surface area contributed by atoms with Crippen LogP contribution in [0.1, 0.15) is 25.7 Å². The molecule has 0 aromatic heterocycles. The molecule has 2 amide bonds. The smallest absolute Gasteiger partial charge is 0.243 e. The molecule has 0 bridgehead atoms. The number of hydrogen-bond acceptors (Lipinski definition) is 4. The summed E-state index contributed by atoms with van der Waals surface area (Å²) in [5.74, 6) is -0.260. The van der Waals surface area contributed by atoms with Crippen molar-refractivity contribution in [3.8, 4) is 0 Å². The summed E-state index contributed by atoms with van der Waals surface area (Å²) in [5, 5.41) is 5.22. The Labute approximate surface area is 121 Å². The number of amides is 2. The SMILES string of the molecule is C=CC(=O)NCCCCCCN.C=CC(=O)NCCN. The van der Waals surface area contributed by atoms with E-state index in [0.717, 1.165) is 38.8 Å². The lowest BCUT2D eigenvalue weighted by atomic mass is 10.2. The van der Waals surface area contributed by atoms with Crippen molar-refractivity contribution in [2.75, 3.05) is 26.2 Å². The van der Waals surface area contributed by atoms with E-state index in [0.29, 0.717) is 13.1 Å². The van der Waals surface area contributed by atoms with Crippen molar-refractivity contribution >= 4 is 11.8 Å². The average molecular weight is 284 g/mol. The van der Waals surface area contributed by atoms with Gasteiger partial charge in [0.05, 0.1) is 0 Å². The number of unbranched alkanes of at least 4 members (excludes halogenated alkanes) is 3. The highest BCUT2D eigenvalue weighted by molar-refractivity contribution is 5.87. The van der Waals surface area contributed by atoms with E-state index in [-0.39, 0.29) is 11.8 Å². The van der Waals surface area contributed by atoms with Crippen molar-refractivity contribution < 1.29 is 9.59 Å². The zero-order chi connectivity index (χ0) is 15.6. The topological polar surface area (TPSA) is 110 Å². The van der Waals surface area contributed by atoms with E-state index in [9.17, 15) is 9.59 Å². The second-order valence-electron chi connectivity index (χ2n) is 3.98. The van der Waals surface area contributed by atoms with Gasteiger partial charge in [0.15, 0.2) is 0 Å². The van der Waals surface area contributed by atoms with Crippen molar-refractivity contribution in [1.82, 2.24) is 10.6 Å². The van der Waals surface area contributed by atoms with Crippen molar-refractivity contribution in [3.63, 3.8) is 0 Å². The molecule has 0 fully saturated rings. The first-order valence-electron chi connectivity index (χ1n) is 6.83. The molecule has 0 aromatic carbocycles. The highest BCUT2D eigenvalue weighted by atomic mass is 16.2. The van der Waals surface area contributed by atoms with Gasteiger partial charge in [-0.05, 0) is 31.5 Å². The van der Waals surface area contributed by atoms with Crippen LogP contribution in [0.2, 0.25) is 0 Å². The molecule has 0 aromatic rings. The summed E-state index contributed by atoms with van der Waals surface area (Å²) in [4.78, 5) is 20.9. The van der Waals surface area contributed by atoms with Gasteiger partial charge >= 0.3 is 0 Å². The molecule has 116 valence electrons. The Morgan fingerprint density at radius 3 is 1.75 bits per heavy atom. The summed E-state index contributed by atoms with van der Waals surface area (Å²) < 4.78 is 0. The van der Waals surface area contributed by atoms with Gasteiger partial charge in [-0.2, -0.15) is 0 Å². The van der Waals surface area contributed by atoms with Crippen molar-refractivity contribution in [2.24, 2.45) is 11.5 Å². The molecule has 6 heteroatoms. The average Bonchev–Trinajstić information content (AvgIpc) is 2.48. The van der Waals surface area contributed by atoms with Crippen LogP contribution in [-0.4, -0.2) is 38.0 Å². The van der Waals surface area contributed by atoms with Gasteiger partial charge in [-0.3, -0.25) is 9.59 Å². The second-order valence-corrected chi connectivity index (χ2v) is 3.98. The highest BCUT2D eigenvalue weighted by Gasteiger charge is 1.92. The number of carbonyl (C=O) groups is 2. The van der Waals surface area contributed by atoms with Gasteiger partial charge in [-0.1, -0.05) is 26.0 Å². The fourth-order valence-electron chi connectivity index (χ4n) is 1.17. The van der Waals surface area contributed by atoms with Crippen molar-refractivity contribution in [2.45, 2.75) is 25.7 Å². The van der Waals surface area contributed by atoms with Gasteiger partial charge in [0, 0.05) is 19.6 Å². The largest absolute Gasteiger partial charge is 0.353 e. The summed E-state index contributed by atoms with van der Waals surface area (Å²) in [5.41, 5.74) is 10.4. The van der Waals surface area contributed by atoms with E-state index in [1.54, 1.807) is 0 Å². The Morgan fingerprint density at radius 1 is 0.800 bits per heavy atom. The lowest BCUT2D eigenvalue weighted by Gasteiger charge is -2.01. The molecule has 0 unspecified atom stereocenters. The molecular weight excluding hydrogens is 256 g/mol. The van der Waals surface area contributed by atoms with Gasteiger partial charge in [0.25, 0.3) is 0 Å². The molecule has 0 aliphatic rings. The first-order valence-corrected chi connectivity index (χ1v) is 6.83. The molecule has 0 aliphatic heterocycles. The van der Waals surface area contributed by atoms with Gasteiger partial charge in [-0.15, -0.1) is 0 Å². The van der Waals surface area contributed by atoms with E-state index < -0.39 is 0 Å². The predicted octanol–water partition coefficient (Wildman–Crippen LogP) is 0.0550. The molecule has 0 radical (unpaired) electrons. The molecule has 0 saturated heterocycles. The van der Waals surface area contributed by atoms with Gasteiger partial charge in [0.2, 0.25) is 11.8 Å². The Hall–Kier alpha value is -1.66. The van der Waals surface area contributed by atoms with Crippen LogP contribution >= 0.6 is 0 Å². The van der Waals surface area contributed by atoms with Crippen LogP contribution in [0.4, 0.5) is 0 Å². The van der Waals surface area contributed by atoms with Crippen molar-refractivity contribution in [1.29, 1.82) is 0 Å². The molecule has 20 heavy (non-hydrogen) atoms. The normalized spacial score (nSPS) is 8.90. The van der Waals surface area contributed by atoms with Crippen LogP contribution < -0.4 is 22.1 Å². The first kappa shape index (κ1) is 20.7. The Balaban J connectivity index is 0. The van der Waals surface area contributed by atoms with Crippen LogP contribution in [0.25, 0.3) is 0 Å². The standard InChI is InChI=1S/C9H18N2O.C5H10N2O/c1-2-9(12)11-8-6-4-3-5-7-10;1-2-5(8)7-4-3-6/h2H,1,3-8,10H2,(H,11,12);2H,1,3-4,6H2,(H,7,8). The maximum absolute atomic E-state index is 10.7. The van der Waals surface area contributed by atoms with Crippen LogP contribution in [0.15, 0.2) is 25.3 Å². The summed E-state index contributed by atoms with van der Waals surface area (Å²) >= 11 is 0. The Morgan fingerprint density at radius 2 is 1.30 bits per heavy atom. The third-order valence-corrected chi connectivity index (χ3v) is 2.24. The Bertz CT molecular complexity index is 280. The number of nitrogens with one attached hydrogen (secondary N) is 2. The van der Waals surface area contributed by atoms with E-state index in [2.05, 4.69) is 23.8 Å². The van der Waals surface area contributed by atoms with E-state index in [4.69, 9.17) is 11.5 Å². The van der Waals surface area contributed by atoms with E-state index in [1.807, 2.05) is 0 Å². The van der Waals surface area contributed by atoms with Crippen LogP contribution in [-0.2, 0) is 9.59 Å². The molecular formula is C14H28N4O2. The third kappa shape index (κ3) is 18.7. The highest BCUT2D eigenvalue weighted by Crippen LogP contribution is 1.96. The van der Waals surface area contributed by atoms with E-state index in [1.165, 1.54) is 12.2 Å². The number of carbonyl (C=O) groups excluding carboxylic acids is 2. The predicted molar refractivity (Wildman–Crippen MR) is 83.0 cm³/mol. The minimum Gasteiger partial charge on any atom is -0.353 e. The third-order valence-electron chi connectivity index (χ3n) is 2.24. The number of nitrogens with two attached hydrogens (primary N) is 2. The molecule has 0 atom stereocenters. The number of hydrogen-bond donors (Lipinski definition) is 4. The summed E-state index contributed by atoms with van der Waals surface area (Å²) in [6.45, 7) is 9.12. The maximum atomic E-state index is 10.7. The molecule has 0 rings (SSSR count). The first-order chi connectivity index (χ1) is 9.62. The van der Waals surface area contributed by atoms with Gasteiger partial charge in [0.1, 0.15) is 0 Å². The van der Waals surface area contributed by atoms with Crippen LogP contribution in [0, 0.1) is 0 Å². The minimum absolute atomic E-state index is 0.0891. The molecule has 6 nitrogen and oxygen atoms in total. The zero-order valence-electron chi connectivity index (χ0n) is 12.2. The Kier molecular flexibility index (Phi) is 17.9. The molecule has 0 aliphatic carbocycles. The van der Waals surface area contributed by atoms with Crippen molar-refractivity contribution in [3.05, 3.63) is 25.3 Å². The van der Waals surface area contributed by atoms with Gasteiger partial charge in [-0.25, -0.2) is 0 Å². The summed E-state index contributed by atoms with van der Waals surface area (Å²) in [6, 6.07) is 0. The molecule has 0 saturated carbocycles. The maximum Gasteiger partial charge on any atom is 0.243 e. The molecule has 0 spiro atoms. The zero-order valence-corrected chi connectivity index (χ0v) is 12.2. The van der Waals surface area contributed by atoms with Crippen LogP contribution in [0.5, 0.6) is 0 Å². The lowest BCUT2D eigenvalue weighted by Crippen LogP contribution is -2.27.